The van der Waals surface area contributed by atoms with E-state index < -0.39 is 6.04 Å². The van der Waals surface area contributed by atoms with Gasteiger partial charge in [0.1, 0.15) is 0 Å². The van der Waals surface area contributed by atoms with Gasteiger partial charge in [0.05, 0.1) is 6.04 Å². The summed E-state index contributed by atoms with van der Waals surface area (Å²) in [7, 11) is 0. The van der Waals surface area contributed by atoms with Crippen molar-refractivity contribution in [2.75, 3.05) is 24.6 Å². The summed E-state index contributed by atoms with van der Waals surface area (Å²) >= 11 is 1.70. The van der Waals surface area contributed by atoms with Crippen molar-refractivity contribution in [3.8, 4) is 0 Å². The van der Waals surface area contributed by atoms with E-state index in [1.165, 1.54) is 6.42 Å². The van der Waals surface area contributed by atoms with Crippen LogP contribution in [0.2, 0.25) is 0 Å². The van der Waals surface area contributed by atoms with E-state index in [2.05, 4.69) is 52.2 Å². The fourth-order valence-corrected chi connectivity index (χ4v) is 3.43. The van der Waals surface area contributed by atoms with Crippen LogP contribution in [-0.2, 0) is 9.59 Å². The SMILES string of the molecule is CC(C)(C)CCCCCC(=O)NCCNC(=O)[C@@H](N)CSCC(C)(C)C. The highest BCUT2D eigenvalue weighted by Crippen LogP contribution is 2.22. The normalized spacial score (nSPS) is 13.3. The highest BCUT2D eigenvalue weighted by molar-refractivity contribution is 7.99. The van der Waals surface area contributed by atoms with Crippen molar-refractivity contribution in [1.29, 1.82) is 0 Å². The van der Waals surface area contributed by atoms with E-state index in [9.17, 15) is 9.59 Å². The molecule has 0 unspecified atom stereocenters. The second kappa shape index (κ2) is 12.6. The topological polar surface area (TPSA) is 84.2 Å². The van der Waals surface area contributed by atoms with Crippen LogP contribution < -0.4 is 16.4 Å². The molecule has 0 aromatic carbocycles. The minimum absolute atomic E-state index is 0.0556. The third-order valence-electron chi connectivity index (χ3n) is 3.75. The molecule has 6 heteroatoms. The number of unbranched alkanes of at least 4 members (excludes halogenated alkanes) is 2. The fourth-order valence-electron chi connectivity index (χ4n) is 2.29. The van der Waals surface area contributed by atoms with Gasteiger partial charge >= 0.3 is 0 Å². The third kappa shape index (κ3) is 16.7. The Morgan fingerprint density at radius 2 is 1.54 bits per heavy atom. The van der Waals surface area contributed by atoms with Crippen LogP contribution in [-0.4, -0.2) is 42.5 Å². The van der Waals surface area contributed by atoms with Crippen LogP contribution in [0.1, 0.15) is 73.6 Å². The molecular formula is C20H41N3O2S. The molecule has 0 aliphatic rings. The number of carbonyl (C=O) groups is 2. The molecule has 2 amide bonds. The zero-order valence-electron chi connectivity index (χ0n) is 17.7. The first-order valence-corrected chi connectivity index (χ1v) is 10.9. The molecular weight excluding hydrogens is 346 g/mol. The number of rotatable bonds is 12. The third-order valence-corrected chi connectivity index (χ3v) is 5.41. The van der Waals surface area contributed by atoms with E-state index in [-0.39, 0.29) is 17.2 Å². The summed E-state index contributed by atoms with van der Waals surface area (Å²) in [4.78, 5) is 23.7. The minimum Gasteiger partial charge on any atom is -0.354 e. The predicted octanol–water partition coefficient (Wildman–Crippen LogP) is 3.32. The summed E-state index contributed by atoms with van der Waals surface area (Å²) in [6.45, 7) is 14.1. The molecule has 5 nitrogen and oxygen atoms in total. The van der Waals surface area contributed by atoms with Gasteiger partial charge in [-0.3, -0.25) is 9.59 Å². The van der Waals surface area contributed by atoms with Crippen molar-refractivity contribution in [2.45, 2.75) is 79.7 Å². The van der Waals surface area contributed by atoms with Crippen LogP contribution >= 0.6 is 11.8 Å². The summed E-state index contributed by atoms with van der Waals surface area (Å²) in [5.41, 5.74) is 6.49. The second-order valence-corrected chi connectivity index (χ2v) is 10.5. The van der Waals surface area contributed by atoms with Gasteiger partial charge < -0.3 is 16.4 Å². The predicted molar refractivity (Wildman–Crippen MR) is 113 cm³/mol. The van der Waals surface area contributed by atoms with Crippen molar-refractivity contribution in [1.82, 2.24) is 10.6 Å². The number of carbonyl (C=O) groups excluding carboxylic acids is 2. The van der Waals surface area contributed by atoms with E-state index in [0.29, 0.717) is 30.7 Å². The average molecular weight is 388 g/mol. The molecule has 0 aliphatic carbocycles. The van der Waals surface area contributed by atoms with Gasteiger partial charge in [0.25, 0.3) is 0 Å². The molecule has 0 spiro atoms. The Morgan fingerprint density at radius 3 is 2.12 bits per heavy atom. The van der Waals surface area contributed by atoms with Gasteiger partial charge in [-0.15, -0.1) is 0 Å². The molecule has 0 heterocycles. The van der Waals surface area contributed by atoms with Crippen molar-refractivity contribution >= 4 is 23.6 Å². The Balaban J connectivity index is 3.65. The largest absolute Gasteiger partial charge is 0.354 e. The maximum atomic E-state index is 11.9. The van der Waals surface area contributed by atoms with Gasteiger partial charge in [-0.1, -0.05) is 54.4 Å². The minimum atomic E-state index is -0.499. The molecule has 0 aromatic heterocycles. The number of hydrogen-bond acceptors (Lipinski definition) is 4. The van der Waals surface area contributed by atoms with Gasteiger partial charge in [0.2, 0.25) is 11.8 Å². The lowest BCUT2D eigenvalue weighted by Crippen LogP contribution is -2.45. The smallest absolute Gasteiger partial charge is 0.237 e. The summed E-state index contributed by atoms with van der Waals surface area (Å²) in [6, 6.07) is -0.499. The Morgan fingerprint density at radius 1 is 0.923 bits per heavy atom. The number of thioether (sulfide) groups is 1. The highest BCUT2D eigenvalue weighted by atomic mass is 32.2. The van der Waals surface area contributed by atoms with Gasteiger partial charge in [0, 0.05) is 25.3 Å². The molecule has 0 aliphatic heterocycles. The van der Waals surface area contributed by atoms with Crippen LogP contribution in [0.25, 0.3) is 0 Å². The second-order valence-electron chi connectivity index (χ2n) is 9.44. The molecule has 26 heavy (non-hydrogen) atoms. The quantitative estimate of drug-likeness (QED) is 0.449. The molecule has 0 radical (unpaired) electrons. The fraction of sp³-hybridized carbons (Fsp3) is 0.900. The van der Waals surface area contributed by atoms with Crippen LogP contribution in [0.3, 0.4) is 0 Å². The first-order chi connectivity index (χ1) is 11.9. The van der Waals surface area contributed by atoms with E-state index in [1.54, 1.807) is 11.8 Å². The molecule has 1 atom stereocenters. The van der Waals surface area contributed by atoms with E-state index >= 15 is 0 Å². The first kappa shape index (κ1) is 25.2. The summed E-state index contributed by atoms with van der Waals surface area (Å²) in [6.07, 6.45) is 4.92. The molecule has 0 saturated heterocycles. The number of nitrogens with two attached hydrogens (primary N) is 1. The highest BCUT2D eigenvalue weighted by Gasteiger charge is 2.16. The van der Waals surface area contributed by atoms with Crippen LogP contribution in [0, 0.1) is 10.8 Å². The van der Waals surface area contributed by atoms with Gasteiger partial charge in [-0.2, -0.15) is 11.8 Å². The van der Waals surface area contributed by atoms with Gasteiger partial charge in [-0.05, 0) is 29.4 Å². The molecule has 0 bridgehead atoms. The Bertz CT molecular complexity index is 414. The molecule has 154 valence electrons. The lowest BCUT2D eigenvalue weighted by molar-refractivity contribution is -0.123. The van der Waals surface area contributed by atoms with Crippen molar-refractivity contribution in [2.24, 2.45) is 16.6 Å². The zero-order chi connectivity index (χ0) is 20.2. The maximum Gasteiger partial charge on any atom is 0.237 e. The maximum absolute atomic E-state index is 11.9. The molecule has 0 rings (SSSR count). The Kier molecular flexibility index (Phi) is 12.2. The molecule has 0 aromatic rings. The lowest BCUT2D eigenvalue weighted by atomic mass is 9.89. The average Bonchev–Trinajstić information content (AvgIpc) is 2.48. The number of nitrogens with one attached hydrogen (secondary N) is 2. The van der Waals surface area contributed by atoms with E-state index in [4.69, 9.17) is 5.73 Å². The van der Waals surface area contributed by atoms with Crippen molar-refractivity contribution in [3.05, 3.63) is 0 Å². The monoisotopic (exact) mass is 387 g/mol. The summed E-state index contributed by atoms with van der Waals surface area (Å²) in [5, 5.41) is 5.63. The van der Waals surface area contributed by atoms with Crippen LogP contribution in [0.4, 0.5) is 0 Å². The lowest BCUT2D eigenvalue weighted by Gasteiger charge is -2.19. The molecule has 0 saturated carbocycles. The summed E-state index contributed by atoms with van der Waals surface area (Å²) < 4.78 is 0. The van der Waals surface area contributed by atoms with Crippen LogP contribution in [0.15, 0.2) is 0 Å². The van der Waals surface area contributed by atoms with Gasteiger partial charge in [0.15, 0.2) is 0 Å². The van der Waals surface area contributed by atoms with E-state index in [0.717, 1.165) is 25.0 Å². The molecule has 0 fully saturated rings. The number of amides is 2. The standard InChI is InChI=1S/C20H41N3O2S/c1-19(2,3)11-9-7-8-10-17(24)22-12-13-23-18(25)16(21)14-26-15-20(4,5)6/h16H,7-15,21H2,1-6H3,(H,22,24)(H,23,25)/t16-/m0/s1. The zero-order valence-corrected chi connectivity index (χ0v) is 18.6. The Labute approximate surface area is 165 Å². The first-order valence-electron chi connectivity index (χ1n) is 9.78. The number of hydrogen-bond donors (Lipinski definition) is 3. The summed E-state index contributed by atoms with van der Waals surface area (Å²) in [5.74, 6) is 1.49. The van der Waals surface area contributed by atoms with Crippen molar-refractivity contribution in [3.63, 3.8) is 0 Å². The van der Waals surface area contributed by atoms with Gasteiger partial charge in [-0.25, -0.2) is 0 Å². The van der Waals surface area contributed by atoms with Crippen molar-refractivity contribution < 1.29 is 9.59 Å². The molecule has 4 N–H and O–H groups in total. The van der Waals surface area contributed by atoms with E-state index in [1.807, 2.05) is 0 Å². The van der Waals surface area contributed by atoms with Crippen LogP contribution in [0.5, 0.6) is 0 Å². The Hall–Kier alpha value is -0.750.